The van der Waals surface area contributed by atoms with Gasteiger partial charge in [0, 0.05) is 44.5 Å². The summed E-state index contributed by atoms with van der Waals surface area (Å²) in [4.78, 5) is 88.4. The molecule has 3 aromatic carbocycles. The molecule has 0 unspecified atom stereocenters. The van der Waals surface area contributed by atoms with Gasteiger partial charge in [-0.05, 0) is 120 Å². The Hall–Kier alpha value is -5.89. The Bertz CT molecular complexity index is 2350. The summed E-state index contributed by atoms with van der Waals surface area (Å²) in [5, 5.41) is 6.54. The number of esters is 1. The lowest BCUT2D eigenvalue weighted by atomic mass is 9.82. The van der Waals surface area contributed by atoms with Crippen molar-refractivity contribution in [3.63, 3.8) is 0 Å². The van der Waals surface area contributed by atoms with Gasteiger partial charge in [-0.15, -0.1) is 0 Å². The molecular weight excluding hydrogens is 831 g/mol. The molecule has 0 aromatic heterocycles. The first kappa shape index (κ1) is 46.6. The zero-order valence-electron chi connectivity index (χ0n) is 36.7. The van der Waals surface area contributed by atoms with Gasteiger partial charge in [0.05, 0.1) is 22.3 Å². The molecule has 3 atom stereocenters. The largest absolute Gasteiger partial charge is 0.456 e. The Kier molecular flexibility index (Phi) is 14.2. The van der Waals surface area contributed by atoms with Crippen molar-refractivity contribution in [2.75, 3.05) is 19.6 Å². The Morgan fingerprint density at radius 3 is 2.24 bits per heavy atom. The van der Waals surface area contributed by atoms with E-state index in [0.29, 0.717) is 42.6 Å². The first-order chi connectivity index (χ1) is 29.7. The molecule has 0 saturated carbocycles. The van der Waals surface area contributed by atoms with E-state index in [2.05, 4.69) is 10.5 Å². The lowest BCUT2D eigenvalue weighted by Gasteiger charge is -2.38. The monoisotopic (exact) mass is 884 g/mol. The number of hydrogen-bond donors (Lipinski definition) is 1. The van der Waals surface area contributed by atoms with Gasteiger partial charge < -0.3 is 29.4 Å². The molecular formula is C48H54ClFN4O9. The molecule has 13 nitrogen and oxygen atoms in total. The highest BCUT2D eigenvalue weighted by Gasteiger charge is 2.42. The van der Waals surface area contributed by atoms with Crippen molar-refractivity contribution in [2.24, 2.45) is 5.16 Å². The Balaban J connectivity index is 1.21. The van der Waals surface area contributed by atoms with Crippen molar-refractivity contribution in [1.82, 2.24) is 15.1 Å². The maximum absolute atomic E-state index is 15.0. The number of alkyl carbamates (subject to hydrolysis) is 1. The normalized spacial score (nSPS) is 18.0. The van der Waals surface area contributed by atoms with Gasteiger partial charge in [0.1, 0.15) is 17.2 Å². The molecule has 3 heterocycles. The van der Waals surface area contributed by atoms with Gasteiger partial charge >= 0.3 is 12.1 Å². The summed E-state index contributed by atoms with van der Waals surface area (Å²) in [6.07, 6.45) is 1.21. The number of carbonyl (C=O) groups excluding carboxylic acids is 6. The summed E-state index contributed by atoms with van der Waals surface area (Å²) in [6, 6.07) is 14.9. The third-order valence-electron chi connectivity index (χ3n) is 10.9. The maximum Gasteiger partial charge on any atom is 0.408 e. The van der Waals surface area contributed by atoms with Crippen LogP contribution in [0, 0.1) is 5.82 Å². The molecule has 3 aliphatic rings. The number of amides is 3. The number of nitrogens with zero attached hydrogens (tertiary/aromatic N) is 3. The molecule has 15 heteroatoms. The molecule has 6 rings (SSSR count). The Morgan fingerprint density at radius 1 is 0.905 bits per heavy atom. The highest BCUT2D eigenvalue weighted by atomic mass is 35.5. The minimum Gasteiger partial charge on any atom is -0.456 e. The second kappa shape index (κ2) is 19.2. The molecule has 3 aromatic rings. The van der Waals surface area contributed by atoms with Gasteiger partial charge in [-0.3, -0.25) is 19.2 Å². The van der Waals surface area contributed by atoms with Crippen molar-refractivity contribution in [3.8, 4) is 0 Å². The van der Waals surface area contributed by atoms with E-state index < -0.39 is 53.2 Å². The lowest BCUT2D eigenvalue weighted by Crippen LogP contribution is -2.48. The van der Waals surface area contributed by atoms with Crippen LogP contribution in [-0.4, -0.2) is 93.9 Å². The summed E-state index contributed by atoms with van der Waals surface area (Å²) in [7, 11) is 0. The number of fused-ring (bicyclic) bond motifs is 1. The number of carbonyl (C=O) groups is 6. The molecule has 334 valence electrons. The van der Waals surface area contributed by atoms with Crippen molar-refractivity contribution in [1.29, 1.82) is 0 Å². The summed E-state index contributed by atoms with van der Waals surface area (Å²) in [5.74, 6) is -2.32. The van der Waals surface area contributed by atoms with Gasteiger partial charge in [-0.25, -0.2) is 14.0 Å². The second-order valence-corrected chi connectivity index (χ2v) is 18.4. The van der Waals surface area contributed by atoms with Crippen LogP contribution in [0.15, 0.2) is 71.9 Å². The molecule has 1 N–H and O–H groups in total. The predicted octanol–water partition coefficient (Wildman–Crippen LogP) is 7.74. The summed E-state index contributed by atoms with van der Waals surface area (Å²) in [5.41, 5.74) is 3.40. The van der Waals surface area contributed by atoms with E-state index in [-0.39, 0.29) is 66.0 Å². The molecule has 0 spiro atoms. The van der Waals surface area contributed by atoms with Gasteiger partial charge in [-0.1, -0.05) is 59.2 Å². The minimum absolute atomic E-state index is 0.0235. The van der Waals surface area contributed by atoms with Crippen LogP contribution in [0.3, 0.4) is 0 Å². The number of ketones is 2. The third-order valence-corrected chi connectivity index (χ3v) is 11.2. The van der Waals surface area contributed by atoms with Gasteiger partial charge in [0.2, 0.25) is 12.0 Å². The van der Waals surface area contributed by atoms with Crippen LogP contribution in [0.1, 0.15) is 118 Å². The van der Waals surface area contributed by atoms with Crippen molar-refractivity contribution < 1.29 is 47.5 Å². The van der Waals surface area contributed by atoms with E-state index in [0.717, 1.165) is 16.7 Å². The first-order valence-electron chi connectivity index (χ1n) is 21.1. The maximum atomic E-state index is 15.0. The molecule has 0 radical (unpaired) electrons. The number of ether oxygens (including phenoxy) is 2. The Morgan fingerprint density at radius 2 is 1.59 bits per heavy atom. The summed E-state index contributed by atoms with van der Waals surface area (Å²) in [6.45, 7) is 12.8. The zero-order chi connectivity index (χ0) is 45.8. The average Bonchev–Trinajstić information content (AvgIpc) is 3.71. The highest BCUT2D eigenvalue weighted by molar-refractivity contribution is 6.31. The van der Waals surface area contributed by atoms with Crippen LogP contribution in [0.2, 0.25) is 5.02 Å². The van der Waals surface area contributed by atoms with Gasteiger partial charge in [0.15, 0.2) is 17.4 Å². The fourth-order valence-electron chi connectivity index (χ4n) is 7.92. The van der Waals surface area contributed by atoms with Crippen LogP contribution in [-0.2, 0) is 46.3 Å². The average molecular weight is 885 g/mol. The molecule has 3 aliphatic heterocycles. The van der Waals surface area contributed by atoms with Crippen LogP contribution in [0.5, 0.6) is 0 Å². The van der Waals surface area contributed by atoms with Crippen molar-refractivity contribution >= 4 is 58.3 Å². The SMILES string of the molecule is CC(=O)[C@H](CCC(=O)N1CC=C(c2cccc3c2CCN(C(=O)[C@H]2CC(c4cccc(Cl)c4F)=NO2)[C@@H]3C(=O)Cc2ccc(C(=O)OC(C)(C)C)cc2)CC1)NC(=O)OC(C)(C)C. The van der Waals surface area contributed by atoms with E-state index in [1.165, 1.54) is 24.0 Å². The number of rotatable bonds is 12. The molecule has 63 heavy (non-hydrogen) atoms. The van der Waals surface area contributed by atoms with E-state index in [1.54, 1.807) is 76.8 Å². The van der Waals surface area contributed by atoms with E-state index >= 15 is 0 Å². The fourth-order valence-corrected chi connectivity index (χ4v) is 8.10. The minimum atomic E-state index is -1.10. The van der Waals surface area contributed by atoms with Crippen LogP contribution < -0.4 is 5.32 Å². The molecule has 0 aliphatic carbocycles. The number of halogens is 2. The second-order valence-electron chi connectivity index (χ2n) is 18.0. The van der Waals surface area contributed by atoms with Crippen LogP contribution in [0.25, 0.3) is 5.57 Å². The highest BCUT2D eigenvalue weighted by Crippen LogP contribution is 2.38. The van der Waals surface area contributed by atoms with E-state index in [4.69, 9.17) is 25.9 Å². The number of hydrogen-bond acceptors (Lipinski definition) is 10. The molecule has 3 amide bonds. The van der Waals surface area contributed by atoms with Crippen LogP contribution >= 0.6 is 11.6 Å². The van der Waals surface area contributed by atoms with Crippen molar-refractivity contribution in [2.45, 2.75) is 116 Å². The standard InChI is InChI=1S/C48H54ClFN4O9/c1-28(55)37(51-46(60)62-48(5,6)7)18-19-41(57)53-23-20-30(21-24-53)32-10-8-11-34-33(32)22-25-54(44(58)40-27-38(52-63-40)35-12-9-13-36(49)42(35)50)43(34)39(56)26-29-14-16-31(17-15-29)45(59)61-47(2,3)4/h8-17,20,37,40,43H,18-19,21-27H2,1-7H3,(H,51,60)/t37-,40+,43-/m0/s1. The van der Waals surface area contributed by atoms with E-state index in [1.807, 2.05) is 24.3 Å². The quantitative estimate of drug-likeness (QED) is 0.180. The molecule has 0 fully saturated rings. The number of Topliss-reactive ketones (excluding diaryl/α,β-unsaturated/α-hetero) is 2. The summed E-state index contributed by atoms with van der Waals surface area (Å²) < 4.78 is 25.7. The summed E-state index contributed by atoms with van der Waals surface area (Å²) >= 11 is 6.03. The fraction of sp³-hybridized carbons (Fsp3) is 0.438. The molecule has 0 bridgehead atoms. The molecule has 0 saturated heterocycles. The van der Waals surface area contributed by atoms with Gasteiger partial charge in [-0.2, -0.15) is 0 Å². The topological polar surface area (TPSA) is 161 Å². The van der Waals surface area contributed by atoms with Crippen LogP contribution in [0.4, 0.5) is 9.18 Å². The first-order valence-corrected chi connectivity index (χ1v) is 21.5. The number of benzene rings is 3. The predicted molar refractivity (Wildman–Crippen MR) is 235 cm³/mol. The van der Waals surface area contributed by atoms with E-state index in [9.17, 15) is 33.2 Å². The number of nitrogens with one attached hydrogen (secondary N) is 1. The third kappa shape index (κ3) is 11.6. The Labute approximate surface area is 371 Å². The zero-order valence-corrected chi connectivity index (χ0v) is 37.5. The van der Waals surface area contributed by atoms with Crippen molar-refractivity contribution in [3.05, 3.63) is 111 Å². The smallest absolute Gasteiger partial charge is 0.408 e. The number of oxime groups is 1. The lowest BCUT2D eigenvalue weighted by molar-refractivity contribution is -0.149. The van der Waals surface area contributed by atoms with Gasteiger partial charge in [0.25, 0.3) is 5.91 Å².